The number of anilines is 1. The second-order valence-corrected chi connectivity index (χ2v) is 5.06. The van der Waals surface area contributed by atoms with E-state index in [-0.39, 0.29) is 11.1 Å². The van der Waals surface area contributed by atoms with Crippen LogP contribution in [0.5, 0.6) is 0 Å². The second kappa shape index (κ2) is 4.85. The third-order valence-corrected chi connectivity index (χ3v) is 3.77. The van der Waals surface area contributed by atoms with Crippen LogP contribution in [-0.2, 0) is 5.41 Å². The van der Waals surface area contributed by atoms with Gasteiger partial charge in [0.05, 0.1) is 0 Å². The van der Waals surface area contributed by atoms with E-state index in [1.165, 1.54) is 37.3 Å². The lowest BCUT2D eigenvalue weighted by molar-refractivity contribution is -0.173. The molecule has 1 atom stereocenters. The Kier molecular flexibility index (Phi) is 3.50. The van der Waals surface area contributed by atoms with Gasteiger partial charge in [0.25, 0.3) is 0 Å². The third-order valence-electron chi connectivity index (χ3n) is 3.77. The Balaban J connectivity index is 2.68. The van der Waals surface area contributed by atoms with Gasteiger partial charge < -0.3 is 5.73 Å². The number of aryl methyl sites for hydroxylation is 1. The zero-order chi connectivity index (χ0) is 15.0. The molecule has 0 spiro atoms. The van der Waals surface area contributed by atoms with Crippen LogP contribution in [0.4, 0.5) is 18.9 Å². The van der Waals surface area contributed by atoms with Gasteiger partial charge in [0, 0.05) is 5.69 Å². The normalized spacial score (nSPS) is 14.8. The number of hydrogen-bond acceptors (Lipinski definition) is 1. The first-order valence-corrected chi connectivity index (χ1v) is 6.25. The Morgan fingerprint density at radius 3 is 2.00 bits per heavy atom. The number of hydrogen-bond donors (Lipinski definition) is 1. The molecule has 2 aromatic carbocycles. The summed E-state index contributed by atoms with van der Waals surface area (Å²) < 4.78 is 41.0. The number of benzene rings is 2. The Bertz CT molecular complexity index is 605. The predicted molar refractivity (Wildman–Crippen MR) is 74.5 cm³/mol. The average molecular weight is 279 g/mol. The summed E-state index contributed by atoms with van der Waals surface area (Å²) in [6, 6.07) is 12.4. The molecule has 2 rings (SSSR count). The number of halogens is 3. The van der Waals surface area contributed by atoms with Crippen molar-refractivity contribution in [1.29, 1.82) is 0 Å². The highest BCUT2D eigenvalue weighted by Crippen LogP contribution is 2.46. The Morgan fingerprint density at radius 1 is 0.900 bits per heavy atom. The van der Waals surface area contributed by atoms with Crippen LogP contribution in [-0.4, -0.2) is 6.18 Å². The third kappa shape index (κ3) is 2.26. The molecule has 0 heterocycles. The van der Waals surface area contributed by atoms with Crippen molar-refractivity contribution in [3.63, 3.8) is 0 Å². The van der Waals surface area contributed by atoms with Gasteiger partial charge in [-0.1, -0.05) is 42.5 Å². The first-order chi connectivity index (χ1) is 9.26. The van der Waals surface area contributed by atoms with Gasteiger partial charge in [-0.3, -0.25) is 0 Å². The van der Waals surface area contributed by atoms with Crippen molar-refractivity contribution in [2.24, 2.45) is 0 Å². The molecular formula is C16H16F3N. The minimum atomic E-state index is -4.39. The first-order valence-electron chi connectivity index (χ1n) is 6.25. The molecule has 20 heavy (non-hydrogen) atoms. The highest BCUT2D eigenvalue weighted by atomic mass is 19.4. The van der Waals surface area contributed by atoms with Crippen molar-refractivity contribution in [3.8, 4) is 0 Å². The Morgan fingerprint density at radius 2 is 1.50 bits per heavy atom. The summed E-state index contributed by atoms with van der Waals surface area (Å²) in [7, 11) is 0. The molecule has 2 aromatic rings. The molecule has 0 saturated heterocycles. The van der Waals surface area contributed by atoms with E-state index in [4.69, 9.17) is 5.73 Å². The fourth-order valence-corrected chi connectivity index (χ4v) is 2.25. The fourth-order valence-electron chi connectivity index (χ4n) is 2.25. The van der Waals surface area contributed by atoms with Crippen LogP contribution in [0.2, 0.25) is 0 Å². The van der Waals surface area contributed by atoms with Gasteiger partial charge in [0.1, 0.15) is 5.41 Å². The lowest BCUT2D eigenvalue weighted by Gasteiger charge is -2.33. The summed E-state index contributed by atoms with van der Waals surface area (Å²) in [6.07, 6.45) is -4.39. The molecule has 0 aliphatic rings. The predicted octanol–water partition coefficient (Wildman–Crippen LogP) is 4.45. The van der Waals surface area contributed by atoms with Crippen LogP contribution in [0.3, 0.4) is 0 Å². The number of rotatable bonds is 2. The molecule has 0 saturated carbocycles. The van der Waals surface area contributed by atoms with Crippen LogP contribution in [0.25, 0.3) is 0 Å². The van der Waals surface area contributed by atoms with Crippen LogP contribution in [0.15, 0.2) is 48.5 Å². The van der Waals surface area contributed by atoms with Crippen LogP contribution < -0.4 is 5.73 Å². The largest absolute Gasteiger partial charge is 0.402 e. The number of nitrogens with two attached hydrogens (primary N) is 1. The summed E-state index contributed by atoms with van der Waals surface area (Å²) in [5.41, 5.74) is 5.20. The summed E-state index contributed by atoms with van der Waals surface area (Å²) in [5.74, 6) is 0. The van der Waals surface area contributed by atoms with Crippen LogP contribution >= 0.6 is 0 Å². The van der Waals surface area contributed by atoms with Crippen molar-refractivity contribution < 1.29 is 13.2 Å². The van der Waals surface area contributed by atoms with Crippen LogP contribution in [0, 0.1) is 6.92 Å². The fraction of sp³-hybridized carbons (Fsp3) is 0.250. The van der Waals surface area contributed by atoms with Gasteiger partial charge in [-0.2, -0.15) is 13.2 Å². The van der Waals surface area contributed by atoms with E-state index in [1.807, 2.05) is 0 Å². The lowest BCUT2D eigenvalue weighted by Crippen LogP contribution is -2.40. The van der Waals surface area contributed by atoms with E-state index in [9.17, 15) is 13.2 Å². The minimum Gasteiger partial charge on any atom is -0.399 e. The monoisotopic (exact) mass is 279 g/mol. The molecule has 2 N–H and O–H groups in total. The minimum absolute atomic E-state index is 0.197. The first kappa shape index (κ1) is 14.4. The molecule has 1 unspecified atom stereocenters. The van der Waals surface area contributed by atoms with Gasteiger partial charge in [-0.05, 0) is 36.6 Å². The molecule has 0 fully saturated rings. The van der Waals surface area contributed by atoms with Crippen molar-refractivity contribution >= 4 is 5.69 Å². The molecule has 0 aliphatic heterocycles. The van der Waals surface area contributed by atoms with Gasteiger partial charge in [0.2, 0.25) is 0 Å². The zero-order valence-corrected chi connectivity index (χ0v) is 11.3. The molecule has 0 aliphatic carbocycles. The van der Waals surface area contributed by atoms with Crippen molar-refractivity contribution in [2.45, 2.75) is 25.4 Å². The average Bonchev–Trinajstić information content (AvgIpc) is 2.40. The van der Waals surface area contributed by atoms with E-state index >= 15 is 0 Å². The SMILES string of the molecule is Cc1cc(C(C)(c2ccccc2)C(F)(F)F)ccc1N. The maximum absolute atomic E-state index is 13.7. The molecule has 0 amide bonds. The van der Waals surface area contributed by atoms with Gasteiger partial charge in [-0.25, -0.2) is 0 Å². The van der Waals surface area contributed by atoms with E-state index < -0.39 is 11.6 Å². The van der Waals surface area contributed by atoms with Gasteiger partial charge in [-0.15, -0.1) is 0 Å². The molecule has 4 heteroatoms. The quantitative estimate of drug-likeness (QED) is 0.808. The molecule has 106 valence electrons. The molecule has 0 aromatic heterocycles. The number of nitrogen functional groups attached to an aromatic ring is 1. The van der Waals surface area contributed by atoms with E-state index in [1.54, 1.807) is 25.1 Å². The summed E-state index contributed by atoms with van der Waals surface area (Å²) in [6.45, 7) is 2.91. The van der Waals surface area contributed by atoms with E-state index in [0.29, 0.717) is 11.3 Å². The smallest absolute Gasteiger partial charge is 0.399 e. The number of alkyl halides is 3. The highest BCUT2D eigenvalue weighted by molar-refractivity contribution is 5.52. The van der Waals surface area contributed by atoms with E-state index in [2.05, 4.69) is 0 Å². The summed E-state index contributed by atoms with van der Waals surface area (Å²) in [5, 5.41) is 0. The molecule has 0 bridgehead atoms. The molecule has 1 nitrogen and oxygen atoms in total. The molecule has 0 radical (unpaired) electrons. The van der Waals surface area contributed by atoms with Crippen molar-refractivity contribution in [1.82, 2.24) is 0 Å². The van der Waals surface area contributed by atoms with E-state index in [0.717, 1.165) is 0 Å². The highest BCUT2D eigenvalue weighted by Gasteiger charge is 2.53. The topological polar surface area (TPSA) is 26.0 Å². The van der Waals surface area contributed by atoms with Gasteiger partial charge >= 0.3 is 6.18 Å². The standard InChI is InChI=1S/C16H16F3N/c1-11-10-13(8-9-14(11)20)15(2,16(17,18)19)12-6-4-3-5-7-12/h3-10H,20H2,1-2H3. The lowest BCUT2D eigenvalue weighted by atomic mass is 9.75. The maximum atomic E-state index is 13.7. The summed E-state index contributed by atoms with van der Waals surface area (Å²) >= 11 is 0. The van der Waals surface area contributed by atoms with Gasteiger partial charge in [0.15, 0.2) is 0 Å². The Hall–Kier alpha value is -1.97. The second-order valence-electron chi connectivity index (χ2n) is 5.06. The van der Waals surface area contributed by atoms with Crippen molar-refractivity contribution in [3.05, 3.63) is 65.2 Å². The Labute approximate surface area is 116 Å². The zero-order valence-electron chi connectivity index (χ0n) is 11.3. The molecular weight excluding hydrogens is 263 g/mol. The van der Waals surface area contributed by atoms with Crippen molar-refractivity contribution in [2.75, 3.05) is 5.73 Å². The summed E-state index contributed by atoms with van der Waals surface area (Å²) in [4.78, 5) is 0. The maximum Gasteiger partial charge on any atom is 0.402 e. The van der Waals surface area contributed by atoms with Crippen LogP contribution in [0.1, 0.15) is 23.6 Å².